The number of hydrogen-bond acceptors (Lipinski definition) is 3. The third-order valence-electron chi connectivity index (χ3n) is 4.98. The molecular weight excluding hydrogens is 360 g/mol. The number of rotatable bonds is 6. The van der Waals surface area contributed by atoms with Gasteiger partial charge in [0.2, 0.25) is 0 Å². The Labute approximate surface area is 161 Å². The number of benzene rings is 2. The molecule has 144 valence electrons. The molecule has 0 bridgehead atoms. The van der Waals surface area contributed by atoms with Gasteiger partial charge in [0.15, 0.2) is 0 Å². The molecule has 27 heavy (non-hydrogen) atoms. The fraction of sp³-hybridized carbons (Fsp3) is 0.381. The van der Waals surface area contributed by atoms with Gasteiger partial charge in [-0.25, -0.2) is 8.42 Å². The lowest BCUT2D eigenvalue weighted by atomic mass is 9.95. The number of anilines is 1. The molecule has 2 aromatic carbocycles. The highest BCUT2D eigenvalue weighted by Crippen LogP contribution is 2.19. The Balaban J connectivity index is 1.66. The van der Waals surface area contributed by atoms with Gasteiger partial charge in [0.05, 0.1) is 4.90 Å². The van der Waals surface area contributed by atoms with E-state index in [1.54, 1.807) is 24.3 Å². The van der Waals surface area contributed by atoms with Crippen LogP contribution in [0.2, 0.25) is 0 Å². The van der Waals surface area contributed by atoms with E-state index < -0.39 is 10.0 Å². The molecule has 1 aliphatic rings. The fourth-order valence-electron chi connectivity index (χ4n) is 3.32. The Kier molecular flexibility index (Phi) is 6.16. The summed E-state index contributed by atoms with van der Waals surface area (Å²) >= 11 is 0. The molecule has 6 heteroatoms. The molecule has 0 spiro atoms. The van der Waals surface area contributed by atoms with Crippen molar-refractivity contribution in [3.05, 3.63) is 59.7 Å². The highest BCUT2D eigenvalue weighted by atomic mass is 32.2. The summed E-state index contributed by atoms with van der Waals surface area (Å²) in [4.78, 5) is 12.5. The third-order valence-corrected chi connectivity index (χ3v) is 6.38. The lowest BCUT2D eigenvalue weighted by Crippen LogP contribution is -2.36. The number of amides is 1. The zero-order valence-electron chi connectivity index (χ0n) is 15.6. The van der Waals surface area contributed by atoms with E-state index >= 15 is 0 Å². The van der Waals surface area contributed by atoms with E-state index in [1.807, 2.05) is 19.1 Å². The summed E-state index contributed by atoms with van der Waals surface area (Å²) in [5, 5.41) is 3.04. The van der Waals surface area contributed by atoms with Gasteiger partial charge in [-0.3, -0.25) is 9.52 Å². The van der Waals surface area contributed by atoms with Gasteiger partial charge in [0.25, 0.3) is 15.9 Å². The molecule has 2 N–H and O–H groups in total. The van der Waals surface area contributed by atoms with Gasteiger partial charge in [0, 0.05) is 17.3 Å². The first-order valence-electron chi connectivity index (χ1n) is 9.50. The molecule has 0 aliphatic heterocycles. The number of sulfonamides is 1. The zero-order chi connectivity index (χ0) is 19.3. The minimum Gasteiger partial charge on any atom is -0.349 e. The highest BCUT2D eigenvalue weighted by molar-refractivity contribution is 7.92. The van der Waals surface area contributed by atoms with Crippen molar-refractivity contribution in [1.29, 1.82) is 0 Å². The Hall–Kier alpha value is -2.34. The monoisotopic (exact) mass is 386 g/mol. The Morgan fingerprint density at radius 3 is 2.19 bits per heavy atom. The van der Waals surface area contributed by atoms with E-state index in [-0.39, 0.29) is 16.8 Å². The molecule has 0 aromatic heterocycles. The average molecular weight is 387 g/mol. The van der Waals surface area contributed by atoms with Crippen molar-refractivity contribution in [2.75, 3.05) is 4.72 Å². The topological polar surface area (TPSA) is 75.3 Å². The van der Waals surface area contributed by atoms with Crippen LogP contribution in [0.15, 0.2) is 53.4 Å². The van der Waals surface area contributed by atoms with Gasteiger partial charge in [-0.1, -0.05) is 38.3 Å². The van der Waals surface area contributed by atoms with Gasteiger partial charge < -0.3 is 5.32 Å². The molecule has 1 aliphatic carbocycles. The van der Waals surface area contributed by atoms with Crippen molar-refractivity contribution < 1.29 is 13.2 Å². The first-order valence-corrected chi connectivity index (χ1v) is 11.0. The maximum absolute atomic E-state index is 12.5. The molecule has 1 amide bonds. The van der Waals surface area contributed by atoms with E-state index in [9.17, 15) is 13.2 Å². The molecular formula is C21H26N2O3S. The second-order valence-electron chi connectivity index (χ2n) is 6.99. The van der Waals surface area contributed by atoms with Crippen LogP contribution in [0, 0.1) is 0 Å². The molecule has 0 atom stereocenters. The van der Waals surface area contributed by atoms with Crippen molar-refractivity contribution in [2.24, 2.45) is 0 Å². The minimum absolute atomic E-state index is 0.135. The molecule has 5 nitrogen and oxygen atoms in total. The summed E-state index contributed by atoms with van der Waals surface area (Å²) in [7, 11) is -3.68. The lowest BCUT2D eigenvalue weighted by molar-refractivity contribution is 0.0927. The molecule has 1 fully saturated rings. The quantitative estimate of drug-likeness (QED) is 0.784. The maximum atomic E-state index is 12.5. The summed E-state index contributed by atoms with van der Waals surface area (Å²) in [6.45, 7) is 2.05. The molecule has 1 saturated carbocycles. The van der Waals surface area contributed by atoms with Gasteiger partial charge in [0.1, 0.15) is 0 Å². The number of carbonyl (C=O) groups is 1. The zero-order valence-corrected chi connectivity index (χ0v) is 16.4. The fourth-order valence-corrected chi connectivity index (χ4v) is 4.38. The molecule has 2 aromatic rings. The van der Waals surface area contributed by atoms with Crippen LogP contribution >= 0.6 is 0 Å². The summed E-state index contributed by atoms with van der Waals surface area (Å²) < 4.78 is 27.7. The molecule has 0 saturated heterocycles. The van der Waals surface area contributed by atoms with E-state index in [1.165, 1.54) is 18.6 Å². The lowest BCUT2D eigenvalue weighted by Gasteiger charge is -2.22. The van der Waals surface area contributed by atoms with Crippen molar-refractivity contribution in [2.45, 2.75) is 56.4 Å². The highest BCUT2D eigenvalue weighted by Gasteiger charge is 2.18. The van der Waals surface area contributed by atoms with Crippen LogP contribution < -0.4 is 10.0 Å². The predicted octanol–water partition coefficient (Wildman–Crippen LogP) is 4.11. The van der Waals surface area contributed by atoms with Gasteiger partial charge in [-0.15, -0.1) is 0 Å². The standard InChI is InChI=1S/C21H26N2O3S/c1-2-16-8-12-19(13-9-16)23-27(25,26)20-14-10-17(11-15-20)21(24)22-18-6-4-3-5-7-18/h8-15,18,23H,2-7H2,1H3,(H,22,24). The smallest absolute Gasteiger partial charge is 0.261 e. The van der Waals surface area contributed by atoms with Crippen molar-refractivity contribution in [1.82, 2.24) is 5.32 Å². The van der Waals surface area contributed by atoms with Crippen LogP contribution in [-0.4, -0.2) is 20.4 Å². The number of hydrogen-bond donors (Lipinski definition) is 2. The van der Waals surface area contributed by atoms with Crippen molar-refractivity contribution in [3.63, 3.8) is 0 Å². The maximum Gasteiger partial charge on any atom is 0.261 e. The van der Waals surface area contributed by atoms with Crippen LogP contribution in [0.3, 0.4) is 0 Å². The summed E-state index contributed by atoms with van der Waals surface area (Å²) in [6.07, 6.45) is 6.45. The molecule has 3 rings (SSSR count). The van der Waals surface area contributed by atoms with Crippen LogP contribution in [0.25, 0.3) is 0 Å². The van der Waals surface area contributed by atoms with Crippen LogP contribution in [-0.2, 0) is 16.4 Å². The molecule has 0 radical (unpaired) electrons. The molecule has 0 unspecified atom stereocenters. The van der Waals surface area contributed by atoms with Crippen LogP contribution in [0.1, 0.15) is 54.9 Å². The van der Waals surface area contributed by atoms with Gasteiger partial charge in [-0.05, 0) is 61.2 Å². The minimum atomic E-state index is -3.68. The van der Waals surface area contributed by atoms with Gasteiger partial charge in [-0.2, -0.15) is 0 Å². The van der Waals surface area contributed by atoms with Crippen molar-refractivity contribution in [3.8, 4) is 0 Å². The summed E-state index contributed by atoms with van der Waals surface area (Å²) in [5.41, 5.74) is 2.14. The number of carbonyl (C=O) groups excluding carboxylic acids is 1. The number of aryl methyl sites for hydroxylation is 1. The Morgan fingerprint density at radius 2 is 1.59 bits per heavy atom. The van der Waals surface area contributed by atoms with Gasteiger partial charge >= 0.3 is 0 Å². The Bertz CT molecular complexity index is 869. The average Bonchev–Trinajstić information content (AvgIpc) is 2.69. The first-order chi connectivity index (χ1) is 13.0. The number of nitrogens with one attached hydrogen (secondary N) is 2. The van der Waals surface area contributed by atoms with Crippen LogP contribution in [0.4, 0.5) is 5.69 Å². The normalized spacial score (nSPS) is 15.3. The van der Waals surface area contributed by atoms with Crippen LogP contribution in [0.5, 0.6) is 0 Å². The SMILES string of the molecule is CCc1ccc(NS(=O)(=O)c2ccc(C(=O)NC3CCCCC3)cc2)cc1. The second-order valence-corrected chi connectivity index (χ2v) is 8.67. The Morgan fingerprint density at radius 1 is 0.963 bits per heavy atom. The van der Waals surface area contributed by atoms with Crippen molar-refractivity contribution >= 4 is 21.6 Å². The molecule has 0 heterocycles. The summed E-state index contributed by atoms with van der Waals surface area (Å²) in [6, 6.07) is 13.6. The predicted molar refractivity (Wildman–Crippen MR) is 107 cm³/mol. The largest absolute Gasteiger partial charge is 0.349 e. The van der Waals surface area contributed by atoms with E-state index in [4.69, 9.17) is 0 Å². The van der Waals surface area contributed by atoms with E-state index in [0.717, 1.165) is 37.7 Å². The van der Waals surface area contributed by atoms with E-state index in [0.29, 0.717) is 11.3 Å². The first kappa shape index (κ1) is 19.4. The second kappa shape index (κ2) is 8.57. The third kappa shape index (κ3) is 5.10. The van der Waals surface area contributed by atoms with E-state index in [2.05, 4.69) is 10.0 Å². The summed E-state index contributed by atoms with van der Waals surface area (Å²) in [5.74, 6) is -0.144.